The zero-order valence-corrected chi connectivity index (χ0v) is 37.9. The molecular weight excluding hydrogens is 697 g/mol. The summed E-state index contributed by atoms with van der Waals surface area (Å²) in [5, 5.41) is 0. The van der Waals surface area contributed by atoms with Gasteiger partial charge in [-0.05, 0) is 19.3 Å². The normalized spacial score (nSPS) is 11.8. The molecule has 0 spiro atoms. The number of hydrogen-bond acceptors (Lipinski definition) is 6. The van der Waals surface area contributed by atoms with Gasteiger partial charge in [0.15, 0.2) is 6.10 Å². The Bertz CT molecular complexity index is 828. The lowest BCUT2D eigenvalue weighted by atomic mass is 10.0. The molecule has 0 radical (unpaired) electrons. The second kappa shape index (κ2) is 46.1. The number of carbonyl (C=O) groups excluding carboxylic acids is 3. The van der Waals surface area contributed by atoms with E-state index >= 15 is 0 Å². The van der Waals surface area contributed by atoms with Crippen molar-refractivity contribution in [2.24, 2.45) is 0 Å². The summed E-state index contributed by atoms with van der Waals surface area (Å²) in [6, 6.07) is 0. The number of unbranched alkanes of at least 4 members (excludes halogenated alkanes) is 35. The minimum Gasteiger partial charge on any atom is -0.462 e. The molecule has 6 nitrogen and oxygen atoms in total. The van der Waals surface area contributed by atoms with Crippen LogP contribution in [0.15, 0.2) is 0 Å². The molecule has 0 N–H and O–H groups in total. The molecule has 0 saturated heterocycles. The molecule has 0 saturated carbocycles. The number of hydrogen-bond donors (Lipinski definition) is 0. The average molecular weight is 793 g/mol. The van der Waals surface area contributed by atoms with Gasteiger partial charge in [0.25, 0.3) is 0 Å². The van der Waals surface area contributed by atoms with Crippen molar-refractivity contribution >= 4 is 17.9 Å². The summed E-state index contributed by atoms with van der Waals surface area (Å²) >= 11 is 0. The predicted molar refractivity (Wildman–Crippen MR) is 238 cm³/mol. The molecule has 0 heterocycles. The van der Waals surface area contributed by atoms with Crippen molar-refractivity contribution in [3.63, 3.8) is 0 Å². The van der Waals surface area contributed by atoms with E-state index in [-0.39, 0.29) is 31.1 Å². The summed E-state index contributed by atoms with van der Waals surface area (Å²) in [6.45, 7) is 6.64. The first kappa shape index (κ1) is 54.4. The van der Waals surface area contributed by atoms with E-state index in [0.29, 0.717) is 19.3 Å². The van der Waals surface area contributed by atoms with E-state index in [1.54, 1.807) is 0 Å². The van der Waals surface area contributed by atoms with Crippen LogP contribution < -0.4 is 0 Å². The monoisotopic (exact) mass is 793 g/mol. The Morgan fingerprint density at radius 1 is 0.286 bits per heavy atom. The van der Waals surface area contributed by atoms with E-state index < -0.39 is 6.10 Å². The first-order valence-corrected chi connectivity index (χ1v) is 25.0. The van der Waals surface area contributed by atoms with Gasteiger partial charge in [-0.25, -0.2) is 0 Å². The van der Waals surface area contributed by atoms with Crippen LogP contribution in [0.3, 0.4) is 0 Å². The van der Waals surface area contributed by atoms with E-state index in [0.717, 1.165) is 57.8 Å². The van der Waals surface area contributed by atoms with Gasteiger partial charge < -0.3 is 14.2 Å². The zero-order chi connectivity index (χ0) is 40.8. The molecule has 0 aromatic heterocycles. The smallest absolute Gasteiger partial charge is 0.306 e. The molecule has 0 aliphatic heterocycles. The van der Waals surface area contributed by atoms with Gasteiger partial charge in [-0.15, -0.1) is 0 Å². The van der Waals surface area contributed by atoms with E-state index in [2.05, 4.69) is 20.8 Å². The van der Waals surface area contributed by atoms with Crippen LogP contribution in [-0.2, 0) is 28.6 Å². The van der Waals surface area contributed by atoms with Gasteiger partial charge in [0.05, 0.1) is 0 Å². The fourth-order valence-electron chi connectivity index (χ4n) is 7.56. The summed E-state index contributed by atoms with van der Waals surface area (Å²) in [7, 11) is 0. The van der Waals surface area contributed by atoms with E-state index in [4.69, 9.17) is 14.2 Å². The lowest BCUT2D eigenvalue weighted by Crippen LogP contribution is -2.30. The third-order valence-corrected chi connectivity index (χ3v) is 11.4. The molecule has 0 fully saturated rings. The van der Waals surface area contributed by atoms with Gasteiger partial charge in [-0.1, -0.05) is 245 Å². The van der Waals surface area contributed by atoms with Crippen LogP contribution in [0, 0.1) is 0 Å². The highest BCUT2D eigenvalue weighted by molar-refractivity contribution is 5.71. The molecule has 1 atom stereocenters. The van der Waals surface area contributed by atoms with Gasteiger partial charge in [0.2, 0.25) is 0 Å². The molecule has 6 heteroatoms. The van der Waals surface area contributed by atoms with Gasteiger partial charge in [0, 0.05) is 19.3 Å². The first-order valence-electron chi connectivity index (χ1n) is 25.0. The van der Waals surface area contributed by atoms with Gasteiger partial charge in [-0.2, -0.15) is 0 Å². The predicted octanol–water partition coefficient (Wildman–Crippen LogP) is 16.0. The molecule has 0 aromatic carbocycles. The quantitative estimate of drug-likeness (QED) is 0.0347. The van der Waals surface area contributed by atoms with Crippen molar-refractivity contribution in [1.82, 2.24) is 0 Å². The second-order valence-electron chi connectivity index (χ2n) is 17.1. The Balaban J connectivity index is 4.21. The maximum Gasteiger partial charge on any atom is 0.306 e. The van der Waals surface area contributed by atoms with Crippen molar-refractivity contribution in [2.45, 2.75) is 290 Å². The lowest BCUT2D eigenvalue weighted by Gasteiger charge is -2.18. The van der Waals surface area contributed by atoms with Crippen LogP contribution in [0.4, 0.5) is 0 Å². The van der Waals surface area contributed by atoms with Gasteiger partial charge >= 0.3 is 17.9 Å². The molecular formula is C50H96O6. The SMILES string of the molecule is CCCCCCCCCCCCCCCCCCC(=O)O[C@H](COC(=O)CCCCCCCCC)COC(=O)CCCCCCCCCCCCCCCCC. The van der Waals surface area contributed by atoms with Crippen LogP contribution in [0.5, 0.6) is 0 Å². The minimum atomic E-state index is -0.758. The van der Waals surface area contributed by atoms with Crippen molar-refractivity contribution in [1.29, 1.82) is 0 Å². The van der Waals surface area contributed by atoms with Crippen LogP contribution in [0.1, 0.15) is 284 Å². The Labute approximate surface area is 348 Å². The Hall–Kier alpha value is -1.59. The second-order valence-corrected chi connectivity index (χ2v) is 17.1. The molecule has 332 valence electrons. The molecule has 56 heavy (non-hydrogen) atoms. The Morgan fingerprint density at radius 3 is 0.714 bits per heavy atom. The number of carbonyl (C=O) groups is 3. The number of esters is 3. The van der Waals surface area contributed by atoms with Crippen molar-refractivity contribution in [2.75, 3.05) is 13.2 Å². The molecule has 0 rings (SSSR count). The Kier molecular flexibility index (Phi) is 44.8. The summed E-state index contributed by atoms with van der Waals surface area (Å²) < 4.78 is 16.7. The molecule has 0 bridgehead atoms. The van der Waals surface area contributed by atoms with E-state index in [1.165, 1.54) is 186 Å². The summed E-state index contributed by atoms with van der Waals surface area (Å²) in [6.07, 6.45) is 48.1. The van der Waals surface area contributed by atoms with Crippen LogP contribution in [0.2, 0.25) is 0 Å². The molecule has 0 amide bonds. The summed E-state index contributed by atoms with van der Waals surface area (Å²) in [5.41, 5.74) is 0. The zero-order valence-electron chi connectivity index (χ0n) is 37.9. The maximum atomic E-state index is 12.7. The molecule has 0 aliphatic rings. The van der Waals surface area contributed by atoms with Crippen LogP contribution in [0.25, 0.3) is 0 Å². The van der Waals surface area contributed by atoms with Crippen molar-refractivity contribution < 1.29 is 28.6 Å². The average Bonchev–Trinajstić information content (AvgIpc) is 3.19. The highest BCUT2D eigenvalue weighted by Crippen LogP contribution is 2.16. The number of ether oxygens (including phenoxy) is 3. The number of rotatable bonds is 46. The fourth-order valence-corrected chi connectivity index (χ4v) is 7.56. The van der Waals surface area contributed by atoms with Crippen LogP contribution in [-0.4, -0.2) is 37.2 Å². The third kappa shape index (κ3) is 43.5. The summed E-state index contributed by atoms with van der Waals surface area (Å²) in [4.78, 5) is 37.7. The van der Waals surface area contributed by atoms with Crippen LogP contribution >= 0.6 is 0 Å². The van der Waals surface area contributed by atoms with E-state index in [9.17, 15) is 14.4 Å². The minimum absolute atomic E-state index is 0.0625. The maximum absolute atomic E-state index is 12.7. The van der Waals surface area contributed by atoms with Gasteiger partial charge in [-0.3, -0.25) is 14.4 Å². The van der Waals surface area contributed by atoms with Crippen molar-refractivity contribution in [3.05, 3.63) is 0 Å². The summed E-state index contributed by atoms with van der Waals surface area (Å²) in [5.74, 6) is -0.851. The highest BCUT2D eigenvalue weighted by Gasteiger charge is 2.19. The van der Waals surface area contributed by atoms with Gasteiger partial charge in [0.1, 0.15) is 13.2 Å². The molecule has 0 aliphatic carbocycles. The van der Waals surface area contributed by atoms with Crippen molar-refractivity contribution in [3.8, 4) is 0 Å². The van der Waals surface area contributed by atoms with E-state index in [1.807, 2.05) is 0 Å². The lowest BCUT2D eigenvalue weighted by molar-refractivity contribution is -0.167. The fraction of sp³-hybridized carbons (Fsp3) is 0.940. The standard InChI is InChI=1S/C50H96O6/c1-4-7-10-13-16-18-20-22-24-26-28-30-32-35-38-41-44-50(53)56-47(45-54-48(51)42-39-36-33-15-12-9-6-3)46-55-49(52)43-40-37-34-31-29-27-25-23-21-19-17-14-11-8-5-2/h47H,4-46H2,1-3H3/t47-/m1/s1. The highest BCUT2D eigenvalue weighted by atomic mass is 16.6. The first-order chi connectivity index (χ1) is 27.5. The molecule has 0 aromatic rings. The largest absolute Gasteiger partial charge is 0.462 e. The third-order valence-electron chi connectivity index (χ3n) is 11.4. The molecule has 0 unspecified atom stereocenters. The topological polar surface area (TPSA) is 78.9 Å². The Morgan fingerprint density at radius 2 is 0.482 bits per heavy atom.